The number of carbonyl (C=O) groups excluding carboxylic acids is 1. The first-order chi connectivity index (χ1) is 11.4. The molecule has 122 valence electrons. The number of nitrogens with zero attached hydrogens (tertiary/aromatic N) is 1. The van der Waals surface area contributed by atoms with Gasteiger partial charge in [-0.3, -0.25) is 4.79 Å². The summed E-state index contributed by atoms with van der Waals surface area (Å²) in [6.45, 7) is 0. The van der Waals surface area contributed by atoms with E-state index in [1.54, 1.807) is 6.07 Å². The summed E-state index contributed by atoms with van der Waals surface area (Å²) in [5, 5.41) is 14.5. The lowest BCUT2D eigenvalue weighted by Crippen LogP contribution is -2.15. The van der Waals surface area contributed by atoms with Crippen LogP contribution in [0.15, 0.2) is 48.2 Å². The molecule has 0 heterocycles. The van der Waals surface area contributed by atoms with Gasteiger partial charge in [0, 0.05) is 17.3 Å². The molecule has 0 aliphatic heterocycles. The number of carbonyl (C=O) groups is 1. The van der Waals surface area contributed by atoms with Crippen molar-refractivity contribution < 1.29 is 13.6 Å². The number of nitrogens with one attached hydrogen (secondary N) is 2. The first-order valence-corrected chi connectivity index (χ1v) is 7.24. The van der Waals surface area contributed by atoms with Crippen LogP contribution in [0.2, 0.25) is 10.0 Å². The summed E-state index contributed by atoms with van der Waals surface area (Å²) in [5.74, 6) is -2.35. The van der Waals surface area contributed by atoms with Gasteiger partial charge in [-0.25, -0.2) is 8.78 Å². The molecule has 2 aromatic rings. The normalized spacial score (nSPS) is 10.9. The first kappa shape index (κ1) is 17.7. The Labute approximate surface area is 146 Å². The molecule has 0 fully saturated rings. The molecule has 0 unspecified atom stereocenters. The molecule has 0 radical (unpaired) electrons. The van der Waals surface area contributed by atoms with E-state index in [0.29, 0.717) is 11.1 Å². The average molecular weight is 368 g/mol. The number of hydrogen-bond acceptors (Lipinski definition) is 3. The van der Waals surface area contributed by atoms with Crippen LogP contribution in [-0.4, -0.2) is 5.91 Å². The Hall–Kier alpha value is -2.62. The summed E-state index contributed by atoms with van der Waals surface area (Å²) in [4.78, 5) is 12.1. The van der Waals surface area contributed by atoms with Crippen LogP contribution in [0.3, 0.4) is 0 Å². The van der Waals surface area contributed by atoms with Gasteiger partial charge in [0.05, 0.1) is 16.4 Å². The van der Waals surface area contributed by atoms with E-state index in [9.17, 15) is 13.6 Å². The molecule has 0 spiro atoms. The van der Waals surface area contributed by atoms with Crippen molar-refractivity contribution in [2.24, 2.45) is 0 Å². The Morgan fingerprint density at radius 1 is 1.12 bits per heavy atom. The number of amides is 1. The highest BCUT2D eigenvalue weighted by Gasteiger charge is 2.12. The van der Waals surface area contributed by atoms with E-state index in [0.717, 1.165) is 18.3 Å². The van der Waals surface area contributed by atoms with Crippen molar-refractivity contribution in [2.75, 3.05) is 10.6 Å². The average Bonchev–Trinajstić information content (AvgIpc) is 2.52. The molecule has 24 heavy (non-hydrogen) atoms. The zero-order valence-corrected chi connectivity index (χ0v) is 13.4. The molecule has 0 bridgehead atoms. The van der Waals surface area contributed by atoms with Crippen LogP contribution in [0.5, 0.6) is 0 Å². The summed E-state index contributed by atoms with van der Waals surface area (Å²) in [7, 11) is 0. The van der Waals surface area contributed by atoms with Crippen LogP contribution in [0.4, 0.5) is 20.2 Å². The van der Waals surface area contributed by atoms with Crippen molar-refractivity contribution in [1.29, 1.82) is 5.26 Å². The van der Waals surface area contributed by atoms with E-state index in [1.807, 2.05) is 0 Å². The van der Waals surface area contributed by atoms with Crippen molar-refractivity contribution in [3.63, 3.8) is 0 Å². The second-order valence-electron chi connectivity index (χ2n) is 4.52. The smallest absolute Gasteiger partial charge is 0.267 e. The summed E-state index contributed by atoms with van der Waals surface area (Å²) in [5.41, 5.74) is -0.147. The maximum absolute atomic E-state index is 13.5. The molecule has 8 heteroatoms. The van der Waals surface area contributed by atoms with Crippen LogP contribution in [0, 0.1) is 23.0 Å². The number of nitriles is 1. The van der Waals surface area contributed by atoms with E-state index in [1.165, 1.54) is 18.2 Å². The van der Waals surface area contributed by atoms with E-state index in [4.69, 9.17) is 28.5 Å². The molecule has 2 aromatic carbocycles. The Balaban J connectivity index is 2.15. The van der Waals surface area contributed by atoms with Gasteiger partial charge in [-0.05, 0) is 30.3 Å². The van der Waals surface area contributed by atoms with Gasteiger partial charge in [0.2, 0.25) is 0 Å². The summed E-state index contributed by atoms with van der Waals surface area (Å²) in [6.07, 6.45) is 1.01. The third-order valence-corrected chi connectivity index (χ3v) is 3.40. The minimum absolute atomic E-state index is 0.0820. The van der Waals surface area contributed by atoms with Gasteiger partial charge in [0.1, 0.15) is 23.3 Å². The van der Waals surface area contributed by atoms with E-state index in [-0.39, 0.29) is 22.0 Å². The molecule has 0 aliphatic carbocycles. The predicted octanol–water partition coefficient (Wildman–Crippen LogP) is 4.73. The predicted molar refractivity (Wildman–Crippen MR) is 88.8 cm³/mol. The SMILES string of the molecule is N#C/C(=C/Nc1ccc(F)cc1F)C(=O)Nc1ccc(Cl)cc1Cl. The van der Waals surface area contributed by atoms with E-state index >= 15 is 0 Å². The zero-order valence-electron chi connectivity index (χ0n) is 11.9. The standard InChI is InChI=1S/C16H9Cl2F2N3O/c17-10-1-3-14(12(18)5-10)23-16(24)9(7-21)8-22-15-4-2-11(19)6-13(15)20/h1-6,8,22H,(H,23,24)/b9-8-. The monoisotopic (exact) mass is 367 g/mol. The number of anilines is 2. The van der Waals surface area contributed by atoms with E-state index in [2.05, 4.69) is 10.6 Å². The van der Waals surface area contributed by atoms with Crippen molar-refractivity contribution >= 4 is 40.5 Å². The zero-order chi connectivity index (χ0) is 17.7. The summed E-state index contributed by atoms with van der Waals surface area (Å²) in [6, 6.07) is 8.96. The van der Waals surface area contributed by atoms with Gasteiger partial charge >= 0.3 is 0 Å². The molecule has 0 aliphatic rings. The van der Waals surface area contributed by atoms with Crippen molar-refractivity contribution in [1.82, 2.24) is 0 Å². The summed E-state index contributed by atoms with van der Waals surface area (Å²) >= 11 is 11.7. The van der Waals surface area contributed by atoms with Gasteiger partial charge in [0.25, 0.3) is 5.91 Å². The number of hydrogen-bond donors (Lipinski definition) is 2. The Bertz CT molecular complexity index is 863. The van der Waals surface area contributed by atoms with Crippen LogP contribution in [0.25, 0.3) is 0 Å². The molecular weight excluding hydrogens is 359 g/mol. The number of rotatable bonds is 4. The maximum atomic E-state index is 13.5. The highest BCUT2D eigenvalue weighted by molar-refractivity contribution is 6.36. The molecule has 4 nitrogen and oxygen atoms in total. The molecule has 2 rings (SSSR count). The van der Waals surface area contributed by atoms with Gasteiger partial charge in [-0.2, -0.15) is 5.26 Å². The summed E-state index contributed by atoms with van der Waals surface area (Å²) < 4.78 is 26.3. The molecule has 0 aromatic heterocycles. The molecule has 1 amide bonds. The highest BCUT2D eigenvalue weighted by Crippen LogP contribution is 2.25. The second-order valence-corrected chi connectivity index (χ2v) is 5.36. The number of halogens is 4. The third kappa shape index (κ3) is 4.44. The topological polar surface area (TPSA) is 64.9 Å². The van der Waals surface area contributed by atoms with Crippen LogP contribution >= 0.6 is 23.2 Å². The minimum Gasteiger partial charge on any atom is -0.358 e. The molecular formula is C16H9Cl2F2N3O. The van der Waals surface area contributed by atoms with Gasteiger partial charge in [0.15, 0.2) is 0 Å². The fourth-order valence-electron chi connectivity index (χ4n) is 1.69. The largest absolute Gasteiger partial charge is 0.358 e. The lowest BCUT2D eigenvalue weighted by Gasteiger charge is -2.07. The van der Waals surface area contributed by atoms with Crippen molar-refractivity contribution in [2.45, 2.75) is 0 Å². The third-order valence-electron chi connectivity index (χ3n) is 2.85. The van der Waals surface area contributed by atoms with E-state index < -0.39 is 17.5 Å². The Morgan fingerprint density at radius 3 is 2.46 bits per heavy atom. The molecule has 2 N–H and O–H groups in total. The highest BCUT2D eigenvalue weighted by atomic mass is 35.5. The lowest BCUT2D eigenvalue weighted by molar-refractivity contribution is -0.112. The first-order valence-electron chi connectivity index (χ1n) is 6.49. The van der Waals surface area contributed by atoms with Crippen LogP contribution < -0.4 is 10.6 Å². The second kappa shape index (κ2) is 7.77. The van der Waals surface area contributed by atoms with Crippen LogP contribution in [0.1, 0.15) is 0 Å². The number of benzene rings is 2. The minimum atomic E-state index is -0.857. The quantitative estimate of drug-likeness (QED) is 0.606. The van der Waals surface area contributed by atoms with Crippen molar-refractivity contribution in [3.8, 4) is 6.07 Å². The molecule has 0 saturated carbocycles. The fraction of sp³-hybridized carbons (Fsp3) is 0. The Morgan fingerprint density at radius 2 is 1.83 bits per heavy atom. The van der Waals surface area contributed by atoms with Crippen LogP contribution in [-0.2, 0) is 4.79 Å². The van der Waals surface area contributed by atoms with Gasteiger partial charge in [-0.15, -0.1) is 0 Å². The molecule has 0 saturated heterocycles. The Kier molecular flexibility index (Phi) is 5.74. The van der Waals surface area contributed by atoms with Gasteiger partial charge in [-0.1, -0.05) is 23.2 Å². The van der Waals surface area contributed by atoms with Gasteiger partial charge < -0.3 is 10.6 Å². The maximum Gasteiger partial charge on any atom is 0.267 e. The lowest BCUT2D eigenvalue weighted by atomic mass is 10.2. The fourth-order valence-corrected chi connectivity index (χ4v) is 2.14. The van der Waals surface area contributed by atoms with Crippen molar-refractivity contribution in [3.05, 3.63) is 69.9 Å². The molecule has 0 atom stereocenters.